The lowest BCUT2D eigenvalue weighted by Crippen LogP contribution is -2.39. The Morgan fingerprint density at radius 1 is 0.917 bits per heavy atom. The van der Waals surface area contributed by atoms with Crippen LogP contribution in [0.1, 0.15) is 30.5 Å². The number of ether oxygens (including phenoxy) is 2. The van der Waals surface area contributed by atoms with Gasteiger partial charge in [0.1, 0.15) is 6.54 Å². The first-order valence-corrected chi connectivity index (χ1v) is 13.1. The van der Waals surface area contributed by atoms with Gasteiger partial charge in [-0.15, -0.1) is 0 Å². The highest BCUT2D eigenvalue weighted by atomic mass is 32.2. The molecule has 190 valence electrons. The average Bonchev–Trinajstić information content (AvgIpc) is 2.84. The third-order valence-corrected chi connectivity index (χ3v) is 6.87. The van der Waals surface area contributed by atoms with Crippen LogP contribution >= 0.6 is 0 Å². The maximum atomic E-state index is 13.5. The molecule has 36 heavy (non-hydrogen) atoms. The zero-order chi connectivity index (χ0) is 26.1. The highest BCUT2D eigenvalue weighted by molar-refractivity contribution is 7.92. The maximum absolute atomic E-state index is 13.5. The molecule has 0 aliphatic carbocycles. The predicted octanol–water partition coefficient (Wildman–Crippen LogP) is 4.45. The Kier molecular flexibility index (Phi) is 9.08. The second kappa shape index (κ2) is 12.2. The number of carbonyl (C=O) groups excluding carboxylic acids is 1. The quantitative estimate of drug-likeness (QED) is 0.304. The van der Waals surface area contributed by atoms with Crippen LogP contribution in [-0.4, -0.2) is 40.3 Å². The van der Waals surface area contributed by atoms with Gasteiger partial charge in [-0.1, -0.05) is 24.3 Å². The van der Waals surface area contributed by atoms with Crippen LogP contribution < -0.4 is 19.2 Å². The molecule has 0 bridgehead atoms. The number of rotatable bonds is 11. The smallest absolute Gasteiger partial charge is 0.264 e. The molecule has 1 amide bonds. The zero-order valence-corrected chi connectivity index (χ0v) is 21.7. The molecule has 0 radical (unpaired) electrons. The molecule has 0 aliphatic rings. The molecule has 0 saturated heterocycles. The lowest BCUT2D eigenvalue weighted by atomic mass is 10.1. The highest BCUT2D eigenvalue weighted by Crippen LogP contribution is 2.28. The normalized spacial score (nSPS) is 11.3. The molecule has 0 aromatic heterocycles. The van der Waals surface area contributed by atoms with Crippen LogP contribution in [0, 0.1) is 13.8 Å². The number of aryl methyl sites for hydroxylation is 2. The highest BCUT2D eigenvalue weighted by Gasteiger charge is 2.27. The summed E-state index contributed by atoms with van der Waals surface area (Å²) >= 11 is 0. The molecule has 0 fully saturated rings. The third-order valence-electron chi connectivity index (χ3n) is 5.08. The van der Waals surface area contributed by atoms with E-state index in [2.05, 4.69) is 10.5 Å². The van der Waals surface area contributed by atoms with Crippen molar-refractivity contribution in [1.82, 2.24) is 5.43 Å². The summed E-state index contributed by atoms with van der Waals surface area (Å²) in [6.07, 6.45) is 1.46. The summed E-state index contributed by atoms with van der Waals surface area (Å²) in [6, 6.07) is 18.7. The topological polar surface area (TPSA) is 97.3 Å². The van der Waals surface area contributed by atoms with Crippen LogP contribution in [0.3, 0.4) is 0 Å². The molecular weight excluding hydrogens is 478 g/mol. The molecule has 0 saturated carbocycles. The lowest BCUT2D eigenvalue weighted by molar-refractivity contribution is -0.119. The van der Waals surface area contributed by atoms with E-state index in [1.807, 2.05) is 33.8 Å². The van der Waals surface area contributed by atoms with Crippen molar-refractivity contribution in [1.29, 1.82) is 0 Å². The standard InChI is InChI=1S/C27H31N3O5S/c1-5-34-25-13-12-22(17-26(25)35-6-2)18-28-29-27(31)19-30(23-15-20(3)14-21(4)16-23)36(32,33)24-10-8-7-9-11-24/h7-18H,5-6,19H2,1-4H3,(H,29,31)/b28-18-. The monoisotopic (exact) mass is 509 g/mol. The van der Waals surface area contributed by atoms with Crippen LogP contribution in [0.5, 0.6) is 11.5 Å². The number of hydrazone groups is 1. The Bertz CT molecular complexity index is 1300. The number of carbonyl (C=O) groups is 1. The number of hydrogen-bond acceptors (Lipinski definition) is 6. The molecule has 3 aromatic rings. The Morgan fingerprint density at radius 3 is 2.19 bits per heavy atom. The molecule has 0 heterocycles. The van der Waals surface area contributed by atoms with Gasteiger partial charge in [0.15, 0.2) is 11.5 Å². The fourth-order valence-electron chi connectivity index (χ4n) is 3.62. The second-order valence-corrected chi connectivity index (χ2v) is 9.90. The van der Waals surface area contributed by atoms with Crippen molar-refractivity contribution in [3.63, 3.8) is 0 Å². The molecule has 0 spiro atoms. The van der Waals surface area contributed by atoms with E-state index in [4.69, 9.17) is 9.47 Å². The van der Waals surface area contributed by atoms with E-state index in [1.165, 1.54) is 18.3 Å². The summed E-state index contributed by atoms with van der Waals surface area (Å²) in [7, 11) is -3.99. The molecular formula is C27H31N3O5S. The van der Waals surface area contributed by atoms with Crippen molar-refractivity contribution in [2.24, 2.45) is 5.10 Å². The van der Waals surface area contributed by atoms with Gasteiger partial charge in [0, 0.05) is 0 Å². The minimum Gasteiger partial charge on any atom is -0.490 e. The van der Waals surface area contributed by atoms with E-state index in [9.17, 15) is 13.2 Å². The first kappa shape index (κ1) is 26.7. The first-order chi connectivity index (χ1) is 17.2. The van der Waals surface area contributed by atoms with Crippen LogP contribution in [0.25, 0.3) is 0 Å². The number of amides is 1. The van der Waals surface area contributed by atoms with Gasteiger partial charge in [0.2, 0.25) is 0 Å². The largest absolute Gasteiger partial charge is 0.490 e. The summed E-state index contributed by atoms with van der Waals surface area (Å²) in [5, 5.41) is 4.01. The lowest BCUT2D eigenvalue weighted by Gasteiger charge is -2.24. The Labute approximate surface area is 212 Å². The van der Waals surface area contributed by atoms with Crippen molar-refractivity contribution >= 4 is 27.8 Å². The zero-order valence-electron chi connectivity index (χ0n) is 20.9. The van der Waals surface area contributed by atoms with Gasteiger partial charge in [0.05, 0.1) is 30.0 Å². The summed E-state index contributed by atoms with van der Waals surface area (Å²) < 4.78 is 39.2. The van der Waals surface area contributed by atoms with E-state index in [0.29, 0.717) is 36.0 Å². The third kappa shape index (κ3) is 6.85. The summed E-state index contributed by atoms with van der Waals surface area (Å²) in [5.74, 6) is 0.612. The fourth-order valence-corrected chi connectivity index (χ4v) is 5.05. The number of benzene rings is 3. The molecule has 1 N–H and O–H groups in total. The van der Waals surface area contributed by atoms with E-state index in [0.717, 1.165) is 15.4 Å². The van der Waals surface area contributed by atoms with Crippen LogP contribution in [0.4, 0.5) is 5.69 Å². The van der Waals surface area contributed by atoms with E-state index < -0.39 is 22.5 Å². The van der Waals surface area contributed by atoms with Crippen molar-refractivity contribution < 1.29 is 22.7 Å². The number of sulfonamides is 1. The molecule has 3 rings (SSSR count). The second-order valence-electron chi connectivity index (χ2n) is 8.04. The predicted molar refractivity (Wildman–Crippen MR) is 141 cm³/mol. The van der Waals surface area contributed by atoms with Crippen molar-refractivity contribution in [2.75, 3.05) is 24.1 Å². The SMILES string of the molecule is CCOc1ccc(/C=N\NC(=O)CN(c2cc(C)cc(C)c2)S(=O)(=O)c2ccccc2)cc1OCC. The van der Waals surface area contributed by atoms with Crippen molar-refractivity contribution in [3.05, 3.63) is 83.4 Å². The van der Waals surface area contributed by atoms with Gasteiger partial charge in [-0.25, -0.2) is 13.8 Å². The molecule has 0 atom stereocenters. The summed E-state index contributed by atoms with van der Waals surface area (Å²) in [4.78, 5) is 12.9. The number of nitrogens with zero attached hydrogens (tertiary/aromatic N) is 2. The van der Waals surface area contributed by atoms with Gasteiger partial charge in [0.25, 0.3) is 15.9 Å². The van der Waals surface area contributed by atoms with Gasteiger partial charge in [-0.05, 0) is 86.8 Å². The van der Waals surface area contributed by atoms with Gasteiger partial charge in [-0.3, -0.25) is 9.10 Å². The van der Waals surface area contributed by atoms with Gasteiger partial charge in [-0.2, -0.15) is 5.10 Å². The van der Waals surface area contributed by atoms with Crippen molar-refractivity contribution in [2.45, 2.75) is 32.6 Å². The first-order valence-electron chi connectivity index (χ1n) is 11.6. The van der Waals surface area contributed by atoms with Crippen LogP contribution in [0.2, 0.25) is 0 Å². The van der Waals surface area contributed by atoms with E-state index in [1.54, 1.807) is 48.5 Å². The molecule has 8 nitrogen and oxygen atoms in total. The number of hydrogen-bond donors (Lipinski definition) is 1. The average molecular weight is 510 g/mol. The number of nitrogens with one attached hydrogen (secondary N) is 1. The summed E-state index contributed by atoms with van der Waals surface area (Å²) in [6.45, 7) is 8.06. The molecule has 0 unspecified atom stereocenters. The molecule has 9 heteroatoms. The number of anilines is 1. The van der Waals surface area contributed by atoms with Crippen LogP contribution in [0.15, 0.2) is 76.7 Å². The Hall–Kier alpha value is -3.85. The Balaban J connectivity index is 1.82. The van der Waals surface area contributed by atoms with E-state index in [-0.39, 0.29) is 4.90 Å². The van der Waals surface area contributed by atoms with E-state index >= 15 is 0 Å². The van der Waals surface area contributed by atoms with Crippen molar-refractivity contribution in [3.8, 4) is 11.5 Å². The fraction of sp³-hybridized carbons (Fsp3) is 0.259. The minimum atomic E-state index is -3.99. The Morgan fingerprint density at radius 2 is 1.56 bits per heavy atom. The van der Waals surface area contributed by atoms with Gasteiger partial charge >= 0.3 is 0 Å². The van der Waals surface area contributed by atoms with Crippen LogP contribution in [-0.2, 0) is 14.8 Å². The molecule has 0 aliphatic heterocycles. The van der Waals surface area contributed by atoms with Gasteiger partial charge < -0.3 is 9.47 Å². The maximum Gasteiger partial charge on any atom is 0.264 e. The summed E-state index contributed by atoms with van der Waals surface area (Å²) in [5.41, 5.74) is 5.29. The molecule has 3 aromatic carbocycles. The minimum absolute atomic E-state index is 0.0956.